The van der Waals surface area contributed by atoms with Gasteiger partial charge in [0.05, 0.1) is 25.6 Å². The van der Waals surface area contributed by atoms with Crippen LogP contribution in [0.3, 0.4) is 0 Å². The highest BCUT2D eigenvalue weighted by molar-refractivity contribution is 6.51. The van der Waals surface area contributed by atoms with Gasteiger partial charge < -0.3 is 19.0 Å². The first kappa shape index (κ1) is 23.2. The number of hydrogen-bond donors (Lipinski definition) is 1. The molecule has 1 N–H and O–H groups in total. The number of aliphatic hydroxyl groups excluding tert-OH is 1. The Kier molecular flexibility index (Phi) is 6.45. The number of aryl methyl sites for hydroxylation is 1. The first-order chi connectivity index (χ1) is 16.3. The predicted molar refractivity (Wildman–Crippen MR) is 128 cm³/mol. The molecule has 0 radical (unpaired) electrons. The molecule has 1 saturated heterocycles. The number of carbonyl (C=O) groups is 2. The Labute approximate surface area is 198 Å². The minimum Gasteiger partial charge on any atom is -0.507 e. The highest BCUT2D eigenvalue weighted by Gasteiger charge is 2.48. The number of ether oxygens (including phenoxy) is 2. The maximum atomic E-state index is 13.2. The zero-order valence-corrected chi connectivity index (χ0v) is 19.6. The molecule has 176 valence electrons. The molecule has 1 atom stereocenters. The number of methoxy groups -OCH3 is 1. The molecule has 1 aliphatic rings. The number of furan rings is 1. The molecule has 1 amide bonds. The van der Waals surface area contributed by atoms with E-state index in [0.717, 1.165) is 5.56 Å². The second-order valence-electron chi connectivity index (χ2n) is 8.57. The van der Waals surface area contributed by atoms with Gasteiger partial charge in [-0.1, -0.05) is 13.8 Å². The number of Topliss-reactive ketones (excluding diaryl/α,β-unsaturated/α-hetero) is 1. The second kappa shape index (κ2) is 9.47. The van der Waals surface area contributed by atoms with E-state index in [1.54, 1.807) is 61.7 Å². The first-order valence-electron chi connectivity index (χ1n) is 11.0. The highest BCUT2D eigenvalue weighted by atomic mass is 16.5. The summed E-state index contributed by atoms with van der Waals surface area (Å²) in [5.74, 6) is 0.250. The Hall–Kier alpha value is -4.00. The van der Waals surface area contributed by atoms with E-state index in [1.807, 2.05) is 6.92 Å². The third-order valence-electron chi connectivity index (χ3n) is 5.63. The quantitative estimate of drug-likeness (QED) is 0.293. The molecule has 0 aliphatic carbocycles. The number of rotatable bonds is 7. The lowest BCUT2D eigenvalue weighted by atomic mass is 9.98. The van der Waals surface area contributed by atoms with Gasteiger partial charge in [-0.25, -0.2) is 0 Å². The summed E-state index contributed by atoms with van der Waals surface area (Å²) in [6.07, 6.45) is 1.47. The van der Waals surface area contributed by atoms with Crippen LogP contribution in [0.4, 0.5) is 5.69 Å². The lowest BCUT2D eigenvalue weighted by molar-refractivity contribution is -0.132. The number of carbonyl (C=O) groups excluding carboxylic acids is 2. The molecule has 7 heteroatoms. The van der Waals surface area contributed by atoms with Crippen LogP contribution in [-0.4, -0.2) is 30.5 Å². The van der Waals surface area contributed by atoms with Gasteiger partial charge in [-0.3, -0.25) is 14.5 Å². The molecule has 1 aliphatic heterocycles. The van der Waals surface area contributed by atoms with Crippen molar-refractivity contribution in [3.63, 3.8) is 0 Å². The minimum absolute atomic E-state index is 0.0361. The van der Waals surface area contributed by atoms with E-state index < -0.39 is 17.7 Å². The molecule has 3 aromatic rings. The summed E-state index contributed by atoms with van der Waals surface area (Å²) in [6.45, 7) is 6.56. The van der Waals surface area contributed by atoms with Crippen LogP contribution in [0.15, 0.2) is 70.9 Å². The average molecular weight is 462 g/mol. The van der Waals surface area contributed by atoms with E-state index in [1.165, 1.54) is 11.2 Å². The molecule has 2 heterocycles. The van der Waals surface area contributed by atoms with Crippen LogP contribution in [0.1, 0.15) is 36.8 Å². The molecule has 1 fully saturated rings. The number of nitrogens with zero attached hydrogens (tertiary/aromatic N) is 1. The molecular formula is C27H27NO6. The van der Waals surface area contributed by atoms with Crippen molar-refractivity contribution in [2.45, 2.75) is 26.8 Å². The fraction of sp³-hybridized carbons (Fsp3) is 0.259. The number of ketones is 1. The molecule has 0 bridgehead atoms. The van der Waals surface area contributed by atoms with Gasteiger partial charge in [0.1, 0.15) is 29.1 Å². The summed E-state index contributed by atoms with van der Waals surface area (Å²) in [4.78, 5) is 27.6. The van der Waals surface area contributed by atoms with Gasteiger partial charge in [-0.15, -0.1) is 0 Å². The zero-order chi connectivity index (χ0) is 24.4. The Morgan fingerprint density at radius 2 is 1.85 bits per heavy atom. The van der Waals surface area contributed by atoms with E-state index in [4.69, 9.17) is 13.9 Å². The molecule has 34 heavy (non-hydrogen) atoms. The van der Waals surface area contributed by atoms with Crippen LogP contribution >= 0.6 is 0 Å². The van der Waals surface area contributed by atoms with Crippen LogP contribution in [-0.2, 0) is 9.59 Å². The average Bonchev–Trinajstić information content (AvgIpc) is 3.45. The number of aliphatic hydroxyl groups is 1. The molecule has 4 rings (SSSR count). The van der Waals surface area contributed by atoms with E-state index in [2.05, 4.69) is 13.8 Å². The predicted octanol–water partition coefficient (Wildman–Crippen LogP) is 5.26. The number of anilines is 1. The number of amides is 1. The Balaban J connectivity index is 1.79. The molecule has 2 aromatic carbocycles. The van der Waals surface area contributed by atoms with Crippen molar-refractivity contribution in [3.8, 4) is 11.5 Å². The van der Waals surface area contributed by atoms with Crippen LogP contribution < -0.4 is 14.4 Å². The molecule has 0 saturated carbocycles. The van der Waals surface area contributed by atoms with Crippen LogP contribution in [0.5, 0.6) is 11.5 Å². The van der Waals surface area contributed by atoms with Crippen LogP contribution in [0.2, 0.25) is 0 Å². The molecule has 1 aromatic heterocycles. The molecule has 1 unspecified atom stereocenters. The van der Waals surface area contributed by atoms with Crippen molar-refractivity contribution in [2.24, 2.45) is 5.92 Å². The summed E-state index contributed by atoms with van der Waals surface area (Å²) >= 11 is 0. The van der Waals surface area contributed by atoms with Crippen molar-refractivity contribution in [1.82, 2.24) is 0 Å². The van der Waals surface area contributed by atoms with Crippen molar-refractivity contribution in [2.75, 3.05) is 18.6 Å². The second-order valence-corrected chi connectivity index (χ2v) is 8.57. The van der Waals surface area contributed by atoms with Gasteiger partial charge in [0.25, 0.3) is 11.7 Å². The Bertz CT molecular complexity index is 1220. The summed E-state index contributed by atoms with van der Waals surface area (Å²) in [6, 6.07) is 14.4. The van der Waals surface area contributed by atoms with E-state index in [9.17, 15) is 14.7 Å². The Morgan fingerprint density at radius 1 is 1.12 bits per heavy atom. The van der Waals surface area contributed by atoms with Crippen LogP contribution in [0, 0.1) is 12.8 Å². The van der Waals surface area contributed by atoms with Crippen molar-refractivity contribution >= 4 is 23.1 Å². The van der Waals surface area contributed by atoms with E-state index in [0.29, 0.717) is 41.0 Å². The SMILES string of the molecule is COc1ccc(N2C(=O)C(=O)/C(=C(\O)c3ccc(OCC(C)C)c(C)c3)C2c2ccco2)cc1. The first-order valence-corrected chi connectivity index (χ1v) is 11.0. The highest BCUT2D eigenvalue weighted by Crippen LogP contribution is 2.42. The lowest BCUT2D eigenvalue weighted by Gasteiger charge is -2.23. The normalized spacial score (nSPS) is 17.4. The van der Waals surface area contributed by atoms with Gasteiger partial charge in [-0.2, -0.15) is 0 Å². The third-order valence-corrected chi connectivity index (χ3v) is 5.63. The van der Waals surface area contributed by atoms with Crippen LogP contribution in [0.25, 0.3) is 5.76 Å². The van der Waals surface area contributed by atoms with Gasteiger partial charge in [-0.05, 0) is 73.0 Å². The van der Waals surface area contributed by atoms with Crippen molar-refractivity contribution in [3.05, 3.63) is 83.3 Å². The monoisotopic (exact) mass is 461 g/mol. The smallest absolute Gasteiger partial charge is 0.300 e. The van der Waals surface area contributed by atoms with Gasteiger partial charge in [0, 0.05) is 11.3 Å². The molecule has 7 nitrogen and oxygen atoms in total. The summed E-state index contributed by atoms with van der Waals surface area (Å²) in [5, 5.41) is 11.2. The summed E-state index contributed by atoms with van der Waals surface area (Å²) in [7, 11) is 1.55. The van der Waals surface area contributed by atoms with E-state index >= 15 is 0 Å². The number of benzene rings is 2. The summed E-state index contributed by atoms with van der Waals surface area (Å²) < 4.78 is 16.6. The zero-order valence-electron chi connectivity index (χ0n) is 19.6. The topological polar surface area (TPSA) is 89.2 Å². The third kappa shape index (κ3) is 4.29. The van der Waals surface area contributed by atoms with Gasteiger partial charge >= 0.3 is 0 Å². The largest absolute Gasteiger partial charge is 0.507 e. The van der Waals surface area contributed by atoms with Crippen molar-refractivity contribution in [1.29, 1.82) is 0 Å². The fourth-order valence-electron chi connectivity index (χ4n) is 3.93. The molecular weight excluding hydrogens is 434 g/mol. The molecule has 0 spiro atoms. The maximum Gasteiger partial charge on any atom is 0.300 e. The van der Waals surface area contributed by atoms with Crippen molar-refractivity contribution < 1.29 is 28.6 Å². The summed E-state index contributed by atoms with van der Waals surface area (Å²) in [5.41, 5.74) is 1.67. The van der Waals surface area contributed by atoms with Gasteiger partial charge in [0.15, 0.2) is 0 Å². The maximum absolute atomic E-state index is 13.2. The standard InChI is InChI=1S/C27H27NO6/c1-16(2)15-34-21-12-7-18(14-17(21)3)25(29)23-24(22-6-5-13-33-22)28(27(31)26(23)30)19-8-10-20(32-4)11-9-19/h5-14,16,24,29H,15H2,1-4H3/b25-23-. The lowest BCUT2D eigenvalue weighted by Crippen LogP contribution is -2.29. The minimum atomic E-state index is -0.916. The van der Waals surface area contributed by atoms with Gasteiger partial charge in [0.2, 0.25) is 0 Å². The fourth-order valence-corrected chi connectivity index (χ4v) is 3.93. The number of hydrogen-bond acceptors (Lipinski definition) is 6. The Morgan fingerprint density at radius 3 is 2.44 bits per heavy atom. The van der Waals surface area contributed by atoms with E-state index in [-0.39, 0.29) is 11.3 Å².